The van der Waals surface area contributed by atoms with Crippen molar-refractivity contribution in [1.82, 2.24) is 0 Å². The molecule has 0 spiro atoms. The van der Waals surface area contributed by atoms with E-state index in [1.165, 1.54) is 0 Å². The average Bonchev–Trinajstić information content (AvgIpc) is 3.29. The molecule has 312 valence electrons. The van der Waals surface area contributed by atoms with Crippen LogP contribution in [0.15, 0.2) is 152 Å². The molecule has 2 saturated heterocycles. The van der Waals surface area contributed by atoms with Crippen LogP contribution in [0.5, 0.6) is 0 Å². The summed E-state index contributed by atoms with van der Waals surface area (Å²) in [5.41, 5.74) is 4.78. The van der Waals surface area contributed by atoms with E-state index in [9.17, 15) is 10.2 Å². The van der Waals surface area contributed by atoms with Gasteiger partial charge >= 0.3 is 0 Å². The maximum absolute atomic E-state index is 11.7. The van der Waals surface area contributed by atoms with Crippen molar-refractivity contribution >= 4 is 0 Å². The van der Waals surface area contributed by atoms with Gasteiger partial charge in [-0.15, -0.1) is 0 Å². The Balaban J connectivity index is 1.12. The molecule has 0 radical (unpaired) electrons. The van der Waals surface area contributed by atoms with Crippen LogP contribution >= 0.6 is 0 Å². The van der Waals surface area contributed by atoms with Gasteiger partial charge in [0.25, 0.3) is 0 Å². The lowest BCUT2D eigenvalue weighted by Gasteiger charge is -2.46. The van der Waals surface area contributed by atoms with Gasteiger partial charge in [0, 0.05) is 7.11 Å². The molecule has 10 atom stereocenters. The minimum absolute atomic E-state index is 0.0260. The fourth-order valence-electron chi connectivity index (χ4n) is 7.27. The van der Waals surface area contributed by atoms with Crippen molar-refractivity contribution in [1.29, 1.82) is 0 Å². The largest absolute Gasteiger partial charge is 0.387 e. The summed E-state index contributed by atoms with van der Waals surface area (Å²) in [5, 5.41) is 23.2. The molecule has 2 fully saturated rings. The lowest BCUT2D eigenvalue weighted by molar-refractivity contribution is -0.344. The molecule has 0 bridgehead atoms. The molecule has 2 aliphatic rings. The third-order valence-electron chi connectivity index (χ3n) is 10.4. The average molecular weight is 807 g/mol. The summed E-state index contributed by atoms with van der Waals surface area (Å²) < 4.78 is 57.5. The zero-order valence-electron chi connectivity index (χ0n) is 33.2. The maximum atomic E-state index is 11.7. The monoisotopic (exact) mass is 806 g/mol. The molecule has 11 heteroatoms. The Hall–Kier alpha value is -4.34. The number of hydrogen-bond donors (Lipinski definition) is 2. The molecule has 0 aliphatic carbocycles. The van der Waals surface area contributed by atoms with Crippen molar-refractivity contribution in [3.8, 4) is 0 Å². The van der Waals surface area contributed by atoms with Gasteiger partial charge in [0.05, 0.1) is 46.2 Å². The van der Waals surface area contributed by atoms with Crippen LogP contribution in [-0.4, -0.2) is 91.9 Å². The Bertz CT molecular complexity index is 1890. The summed E-state index contributed by atoms with van der Waals surface area (Å²) in [6, 6.07) is 48.9. The third kappa shape index (κ3) is 12.1. The van der Waals surface area contributed by atoms with E-state index in [2.05, 4.69) is 0 Å². The summed E-state index contributed by atoms with van der Waals surface area (Å²) in [6.45, 7) is 1.21. The van der Waals surface area contributed by atoms with Crippen molar-refractivity contribution in [2.45, 2.75) is 94.4 Å². The first-order valence-electron chi connectivity index (χ1n) is 20.1. The predicted molar refractivity (Wildman–Crippen MR) is 218 cm³/mol. The van der Waals surface area contributed by atoms with Gasteiger partial charge in [-0.3, -0.25) is 0 Å². The zero-order valence-corrected chi connectivity index (χ0v) is 33.2. The molecule has 0 aromatic heterocycles. The topological polar surface area (TPSA) is 124 Å². The van der Waals surface area contributed by atoms with Gasteiger partial charge in [-0.05, 0) is 27.8 Å². The molecule has 2 N–H and O–H groups in total. The van der Waals surface area contributed by atoms with E-state index < -0.39 is 61.4 Å². The third-order valence-corrected chi connectivity index (χ3v) is 10.4. The summed E-state index contributed by atoms with van der Waals surface area (Å²) in [6.07, 6.45) is -9.50. The van der Waals surface area contributed by atoms with Crippen LogP contribution in [0.2, 0.25) is 0 Å². The second kappa shape index (κ2) is 22.3. The quantitative estimate of drug-likeness (QED) is 0.0912. The van der Waals surface area contributed by atoms with Crippen LogP contribution in [0.25, 0.3) is 0 Å². The molecular formula is C48H54O11. The molecule has 5 aromatic rings. The second-order valence-electron chi connectivity index (χ2n) is 14.7. The lowest BCUT2D eigenvalue weighted by Crippen LogP contribution is -2.63. The van der Waals surface area contributed by atoms with Crippen LogP contribution in [0.1, 0.15) is 27.8 Å². The molecule has 7 rings (SSSR count). The number of methoxy groups -OCH3 is 1. The van der Waals surface area contributed by atoms with E-state index in [1.54, 1.807) is 7.11 Å². The van der Waals surface area contributed by atoms with Crippen LogP contribution in [0.4, 0.5) is 0 Å². The van der Waals surface area contributed by atoms with Gasteiger partial charge in [-0.2, -0.15) is 0 Å². The summed E-state index contributed by atoms with van der Waals surface area (Å²) in [5.74, 6) is 0. The van der Waals surface area contributed by atoms with Crippen LogP contribution in [-0.2, 0) is 75.7 Å². The minimum atomic E-state index is -1.36. The number of benzene rings is 5. The highest BCUT2D eigenvalue weighted by molar-refractivity contribution is 5.17. The lowest BCUT2D eigenvalue weighted by atomic mass is 9.97. The van der Waals surface area contributed by atoms with Gasteiger partial charge in [0.2, 0.25) is 0 Å². The van der Waals surface area contributed by atoms with E-state index in [4.69, 9.17) is 42.6 Å². The van der Waals surface area contributed by atoms with Crippen molar-refractivity contribution in [2.75, 3.05) is 20.3 Å². The number of hydrogen-bond acceptors (Lipinski definition) is 11. The molecule has 6 unspecified atom stereocenters. The predicted octanol–water partition coefficient (Wildman–Crippen LogP) is 6.38. The van der Waals surface area contributed by atoms with Gasteiger partial charge in [0.1, 0.15) is 48.8 Å². The van der Waals surface area contributed by atoms with E-state index in [-0.39, 0.29) is 39.6 Å². The van der Waals surface area contributed by atoms with Crippen molar-refractivity contribution in [2.24, 2.45) is 0 Å². The normalized spacial score (nSPS) is 27.0. The van der Waals surface area contributed by atoms with E-state index in [0.29, 0.717) is 6.61 Å². The molecule has 59 heavy (non-hydrogen) atoms. The van der Waals surface area contributed by atoms with Gasteiger partial charge in [-0.1, -0.05) is 152 Å². The highest BCUT2D eigenvalue weighted by Gasteiger charge is 2.51. The Morgan fingerprint density at radius 3 is 1.24 bits per heavy atom. The first-order chi connectivity index (χ1) is 29.1. The minimum Gasteiger partial charge on any atom is -0.387 e. The summed E-state index contributed by atoms with van der Waals surface area (Å²) in [7, 11) is 1.56. The molecule has 5 aromatic carbocycles. The van der Waals surface area contributed by atoms with Crippen LogP contribution in [0.3, 0.4) is 0 Å². The maximum Gasteiger partial charge on any atom is 0.186 e. The Labute approximate surface area is 346 Å². The first kappa shape index (κ1) is 42.8. The van der Waals surface area contributed by atoms with Crippen molar-refractivity contribution < 1.29 is 52.8 Å². The second-order valence-corrected chi connectivity index (χ2v) is 14.7. The Morgan fingerprint density at radius 1 is 0.390 bits per heavy atom. The van der Waals surface area contributed by atoms with Crippen LogP contribution < -0.4 is 0 Å². The smallest absolute Gasteiger partial charge is 0.186 e. The highest BCUT2D eigenvalue weighted by Crippen LogP contribution is 2.33. The van der Waals surface area contributed by atoms with E-state index >= 15 is 0 Å². The van der Waals surface area contributed by atoms with E-state index in [0.717, 1.165) is 27.8 Å². The molecule has 11 nitrogen and oxygen atoms in total. The SMILES string of the molecule is CO[C@H]1OC(CO[C@@H]2OC(COCc3ccccc3)[C@@H](O)C(OCc3ccccc3)C2O)[C@@H](OCc2ccccc2)C(OCc2ccccc2)C1OCc1ccccc1. The van der Waals surface area contributed by atoms with Gasteiger partial charge < -0.3 is 52.8 Å². The molecular weight excluding hydrogens is 753 g/mol. The van der Waals surface area contributed by atoms with Gasteiger partial charge in [0.15, 0.2) is 12.6 Å². The van der Waals surface area contributed by atoms with Gasteiger partial charge in [-0.25, -0.2) is 0 Å². The molecule has 2 aliphatic heterocycles. The van der Waals surface area contributed by atoms with Crippen molar-refractivity contribution in [3.05, 3.63) is 179 Å². The standard InChI is InChI=1S/C48H54O11/c1-51-48-46(56-31-38-25-15-6-16-26-38)45(55-30-37-23-13-5-14-24-37)43(53-28-35-19-9-3-10-20-35)40(59-48)33-57-47-42(50)44(54-29-36-21-11-4-12-22-36)41(49)39(58-47)32-52-27-34-17-7-2-8-18-34/h2-26,39-50H,27-33H2,1H3/t39?,40?,41-,42?,43-,44?,45?,46?,47-,48+/m1/s1. The first-order valence-corrected chi connectivity index (χ1v) is 20.1. The van der Waals surface area contributed by atoms with Crippen molar-refractivity contribution in [3.63, 3.8) is 0 Å². The van der Waals surface area contributed by atoms with E-state index in [1.807, 2.05) is 152 Å². The molecule has 0 amide bonds. The molecule has 0 saturated carbocycles. The number of aliphatic hydroxyl groups is 2. The molecule has 2 heterocycles. The fraction of sp³-hybridized carbons (Fsp3) is 0.375. The zero-order chi connectivity index (χ0) is 40.7. The van der Waals surface area contributed by atoms with Crippen LogP contribution in [0, 0.1) is 0 Å². The number of rotatable bonds is 20. The Kier molecular flexibility index (Phi) is 16.2. The number of aliphatic hydroxyl groups excluding tert-OH is 2. The fourth-order valence-corrected chi connectivity index (χ4v) is 7.27. The summed E-state index contributed by atoms with van der Waals surface area (Å²) in [4.78, 5) is 0. The highest BCUT2D eigenvalue weighted by atomic mass is 16.7. The summed E-state index contributed by atoms with van der Waals surface area (Å²) >= 11 is 0. The Morgan fingerprint density at radius 2 is 0.780 bits per heavy atom. The number of ether oxygens (including phenoxy) is 9.